The van der Waals surface area contributed by atoms with Crippen LogP contribution in [0.25, 0.3) is 0 Å². The molecule has 0 amide bonds. The van der Waals surface area contributed by atoms with Gasteiger partial charge in [-0.15, -0.1) is 0 Å². The topological polar surface area (TPSA) is 71.9 Å². The molecule has 0 saturated carbocycles. The van der Waals surface area contributed by atoms with E-state index >= 15 is 0 Å². The minimum Gasteiger partial charge on any atom is -0.465 e. The van der Waals surface area contributed by atoms with E-state index in [0.717, 1.165) is 11.1 Å². The highest BCUT2D eigenvalue weighted by Crippen LogP contribution is 2.36. The second kappa shape index (κ2) is 9.28. The number of benzene rings is 1. The third kappa shape index (κ3) is 5.38. The lowest BCUT2D eigenvalue weighted by Gasteiger charge is -2.23. The Morgan fingerprint density at radius 2 is 2.04 bits per heavy atom. The predicted octanol–water partition coefficient (Wildman–Crippen LogP) is 3.14. The Bertz CT molecular complexity index is 752. The van der Waals surface area contributed by atoms with Gasteiger partial charge in [-0.3, -0.25) is 14.6 Å². The number of aliphatic hydroxyl groups excluding tert-OH is 1. The van der Waals surface area contributed by atoms with Gasteiger partial charge < -0.3 is 9.84 Å². The van der Waals surface area contributed by atoms with Gasteiger partial charge >= 0.3 is 5.97 Å². The number of nitrogens with zero attached hydrogens (tertiary/aromatic N) is 2. The van der Waals surface area contributed by atoms with Gasteiger partial charge in [0.2, 0.25) is 0 Å². The molecule has 3 rings (SSSR count). The molecule has 1 saturated heterocycles. The zero-order chi connectivity index (χ0) is 20.0. The van der Waals surface area contributed by atoms with Gasteiger partial charge in [-0.2, -0.15) is 5.06 Å². The molecule has 150 valence electrons. The van der Waals surface area contributed by atoms with Gasteiger partial charge in [-0.05, 0) is 23.6 Å². The molecule has 2 heterocycles. The lowest BCUT2D eigenvalue weighted by molar-refractivity contribution is -0.184. The van der Waals surface area contributed by atoms with Crippen molar-refractivity contribution in [1.82, 2.24) is 10.0 Å². The Hall–Kier alpha value is -2.28. The van der Waals surface area contributed by atoms with Gasteiger partial charge in [0.05, 0.1) is 31.8 Å². The molecule has 2 aromatic rings. The molecule has 0 bridgehead atoms. The molecule has 6 heteroatoms. The Kier molecular flexibility index (Phi) is 6.78. The van der Waals surface area contributed by atoms with Gasteiger partial charge in [0, 0.05) is 24.4 Å². The Morgan fingerprint density at radius 3 is 2.71 bits per heavy atom. The molecule has 1 aliphatic heterocycles. The quantitative estimate of drug-likeness (QED) is 0.705. The summed E-state index contributed by atoms with van der Waals surface area (Å²) in [7, 11) is 0. The van der Waals surface area contributed by atoms with Crippen molar-refractivity contribution in [3.05, 3.63) is 66.0 Å². The third-order valence-corrected chi connectivity index (χ3v) is 4.93. The summed E-state index contributed by atoms with van der Waals surface area (Å²) >= 11 is 0. The number of esters is 1. The first kappa shape index (κ1) is 20.5. The minimum atomic E-state index is -0.444. The number of carbonyl (C=O) groups is 1. The largest absolute Gasteiger partial charge is 0.465 e. The monoisotopic (exact) mass is 384 g/mol. The number of hydrogen-bond donors (Lipinski definition) is 1. The van der Waals surface area contributed by atoms with Crippen LogP contribution in [-0.4, -0.2) is 40.9 Å². The number of carbonyl (C=O) groups excluding carboxylic acids is 1. The molecule has 2 atom stereocenters. The van der Waals surface area contributed by atoms with Crippen molar-refractivity contribution in [2.24, 2.45) is 11.3 Å². The van der Waals surface area contributed by atoms with Crippen LogP contribution in [0.1, 0.15) is 37.4 Å². The summed E-state index contributed by atoms with van der Waals surface area (Å²) in [6.45, 7) is 4.80. The number of pyridine rings is 1. The molecule has 1 aliphatic rings. The second-order valence-corrected chi connectivity index (χ2v) is 8.02. The summed E-state index contributed by atoms with van der Waals surface area (Å²) in [4.78, 5) is 22.9. The zero-order valence-corrected chi connectivity index (χ0v) is 16.5. The summed E-state index contributed by atoms with van der Waals surface area (Å²) in [6.07, 6.45) is 4.15. The van der Waals surface area contributed by atoms with Crippen LogP contribution < -0.4 is 0 Å². The summed E-state index contributed by atoms with van der Waals surface area (Å²) < 4.78 is 5.48. The fourth-order valence-corrected chi connectivity index (χ4v) is 3.16. The number of hydrogen-bond acceptors (Lipinski definition) is 6. The maximum Gasteiger partial charge on any atom is 0.310 e. The van der Waals surface area contributed by atoms with Crippen LogP contribution >= 0.6 is 0 Å². The first-order valence-corrected chi connectivity index (χ1v) is 9.59. The van der Waals surface area contributed by atoms with Crippen LogP contribution in [0.4, 0.5) is 0 Å². The molecule has 0 aliphatic carbocycles. The predicted molar refractivity (Wildman–Crippen MR) is 105 cm³/mol. The van der Waals surface area contributed by atoms with Crippen LogP contribution in [-0.2, 0) is 21.0 Å². The van der Waals surface area contributed by atoms with Crippen LogP contribution in [0.3, 0.4) is 0 Å². The molecule has 0 radical (unpaired) electrons. The molecule has 2 unspecified atom stereocenters. The van der Waals surface area contributed by atoms with Crippen LogP contribution in [0.15, 0.2) is 54.9 Å². The first-order chi connectivity index (χ1) is 13.5. The van der Waals surface area contributed by atoms with E-state index in [9.17, 15) is 9.90 Å². The molecule has 1 aromatic carbocycles. The Morgan fingerprint density at radius 1 is 1.25 bits per heavy atom. The Labute approximate surface area is 166 Å². The van der Waals surface area contributed by atoms with Crippen molar-refractivity contribution in [2.75, 3.05) is 19.8 Å². The van der Waals surface area contributed by atoms with Gasteiger partial charge in [0.15, 0.2) is 0 Å². The highest BCUT2D eigenvalue weighted by Gasteiger charge is 2.39. The third-order valence-electron chi connectivity index (χ3n) is 4.93. The molecule has 1 aromatic heterocycles. The molecule has 28 heavy (non-hydrogen) atoms. The maximum absolute atomic E-state index is 12.6. The van der Waals surface area contributed by atoms with E-state index in [2.05, 4.69) is 4.98 Å². The highest BCUT2D eigenvalue weighted by molar-refractivity contribution is 5.73. The Balaban J connectivity index is 1.67. The first-order valence-electron chi connectivity index (χ1n) is 9.59. The number of aliphatic hydroxyl groups is 1. The fourth-order valence-electron chi connectivity index (χ4n) is 3.16. The molecule has 1 N–H and O–H groups in total. The number of ether oxygens (including phenoxy) is 1. The van der Waals surface area contributed by atoms with Crippen molar-refractivity contribution in [1.29, 1.82) is 0 Å². The lowest BCUT2D eigenvalue weighted by atomic mass is 9.96. The van der Waals surface area contributed by atoms with Crippen LogP contribution in [0.5, 0.6) is 0 Å². The summed E-state index contributed by atoms with van der Waals surface area (Å²) in [5.41, 5.74) is 1.64. The van der Waals surface area contributed by atoms with E-state index in [1.165, 1.54) is 0 Å². The minimum absolute atomic E-state index is 0.0322. The number of hydroxylamine groups is 2. The average molecular weight is 384 g/mol. The molecular weight excluding hydrogens is 356 g/mol. The highest BCUT2D eigenvalue weighted by atomic mass is 16.7. The van der Waals surface area contributed by atoms with Crippen molar-refractivity contribution >= 4 is 5.97 Å². The molecule has 6 nitrogen and oxygen atoms in total. The van der Waals surface area contributed by atoms with Gasteiger partial charge in [0.1, 0.15) is 0 Å². The van der Waals surface area contributed by atoms with Crippen molar-refractivity contribution < 1.29 is 19.5 Å². The van der Waals surface area contributed by atoms with E-state index in [4.69, 9.17) is 9.57 Å². The molecular formula is C22H28N2O4. The van der Waals surface area contributed by atoms with Crippen molar-refractivity contribution in [3.63, 3.8) is 0 Å². The van der Waals surface area contributed by atoms with Crippen molar-refractivity contribution in [3.8, 4) is 0 Å². The summed E-state index contributed by atoms with van der Waals surface area (Å²) in [5, 5.41) is 11.2. The molecule has 0 spiro atoms. The standard InChI is InChI=1S/C22H28N2O4/c1-22(2,15-25)16-27-21(26)19-11-20(18-9-6-10-23-12-18)24(13-19)28-14-17-7-4-3-5-8-17/h3-10,12,19-20,25H,11,13-16H2,1-2H3. The maximum atomic E-state index is 12.6. The van der Waals surface area contributed by atoms with Crippen molar-refractivity contribution in [2.45, 2.75) is 32.9 Å². The normalized spacial score (nSPS) is 20.2. The van der Waals surface area contributed by atoms with E-state index in [-0.39, 0.29) is 31.1 Å². The average Bonchev–Trinajstić information content (AvgIpc) is 3.16. The van der Waals surface area contributed by atoms with E-state index in [0.29, 0.717) is 19.6 Å². The second-order valence-electron chi connectivity index (χ2n) is 8.02. The smallest absolute Gasteiger partial charge is 0.310 e. The molecule has 1 fully saturated rings. The summed E-state index contributed by atoms with van der Waals surface area (Å²) in [5.74, 6) is -0.531. The van der Waals surface area contributed by atoms with E-state index in [1.54, 1.807) is 6.20 Å². The number of rotatable bonds is 8. The van der Waals surface area contributed by atoms with Gasteiger partial charge in [-0.1, -0.05) is 50.2 Å². The van der Waals surface area contributed by atoms with Crippen LogP contribution in [0, 0.1) is 11.3 Å². The van der Waals surface area contributed by atoms with Gasteiger partial charge in [0.25, 0.3) is 0 Å². The van der Waals surface area contributed by atoms with Gasteiger partial charge in [-0.25, -0.2) is 0 Å². The van der Waals surface area contributed by atoms with Crippen LogP contribution in [0.2, 0.25) is 0 Å². The summed E-state index contributed by atoms with van der Waals surface area (Å²) in [6, 6.07) is 13.8. The number of aromatic nitrogens is 1. The van der Waals surface area contributed by atoms with E-state index < -0.39 is 5.41 Å². The lowest BCUT2D eigenvalue weighted by Crippen LogP contribution is -2.30. The zero-order valence-electron chi connectivity index (χ0n) is 16.5. The SMILES string of the molecule is CC(C)(CO)COC(=O)C1CC(c2cccnc2)N(OCc2ccccc2)C1. The fraction of sp³-hybridized carbons (Fsp3) is 0.455. The van der Waals surface area contributed by atoms with E-state index in [1.807, 2.05) is 67.6 Å².